The number of aryl methyl sites for hydroxylation is 1. The first-order valence-electron chi connectivity index (χ1n) is 10.2. The third kappa shape index (κ3) is 6.07. The van der Waals surface area contributed by atoms with Gasteiger partial charge in [0.15, 0.2) is 0 Å². The fourth-order valence-corrected chi connectivity index (χ4v) is 4.25. The maximum Gasteiger partial charge on any atom is 0.261 e. The zero-order valence-electron chi connectivity index (χ0n) is 18.0. The number of hydrogen-bond donors (Lipinski definition) is 2. The summed E-state index contributed by atoms with van der Waals surface area (Å²) in [5, 5.41) is 2.86. The lowest BCUT2D eigenvalue weighted by molar-refractivity contribution is 0.0952. The van der Waals surface area contributed by atoms with E-state index in [0.29, 0.717) is 17.7 Å². The van der Waals surface area contributed by atoms with Crippen LogP contribution in [0.4, 0.5) is 15.8 Å². The van der Waals surface area contributed by atoms with Gasteiger partial charge in [0.1, 0.15) is 5.82 Å². The minimum atomic E-state index is -3.93. The van der Waals surface area contributed by atoms with Gasteiger partial charge in [0, 0.05) is 37.1 Å². The average Bonchev–Trinajstić information content (AvgIpc) is 2.78. The Kier molecular flexibility index (Phi) is 7.48. The van der Waals surface area contributed by atoms with Crippen molar-refractivity contribution in [3.05, 3.63) is 89.7 Å². The number of halogens is 1. The van der Waals surface area contributed by atoms with E-state index in [2.05, 4.69) is 14.9 Å². The Morgan fingerprint density at radius 3 is 2.38 bits per heavy atom. The van der Waals surface area contributed by atoms with E-state index < -0.39 is 15.8 Å². The van der Waals surface area contributed by atoms with Crippen molar-refractivity contribution in [2.45, 2.75) is 18.2 Å². The predicted molar refractivity (Wildman–Crippen MR) is 125 cm³/mol. The second-order valence-electron chi connectivity index (χ2n) is 7.46. The van der Waals surface area contributed by atoms with Crippen molar-refractivity contribution < 1.29 is 17.6 Å². The summed E-state index contributed by atoms with van der Waals surface area (Å²) in [6, 6.07) is 19.3. The molecule has 3 aromatic rings. The average molecular weight is 456 g/mol. The third-order valence-electron chi connectivity index (χ3n) is 5.01. The number of nitrogens with zero attached hydrogens (tertiary/aromatic N) is 1. The summed E-state index contributed by atoms with van der Waals surface area (Å²) >= 11 is 0. The van der Waals surface area contributed by atoms with Crippen LogP contribution >= 0.6 is 0 Å². The van der Waals surface area contributed by atoms with Crippen molar-refractivity contribution in [1.82, 2.24) is 5.32 Å². The van der Waals surface area contributed by atoms with Crippen molar-refractivity contribution in [2.24, 2.45) is 0 Å². The number of carbonyl (C=O) groups excluding carboxylic acids is 1. The van der Waals surface area contributed by atoms with Gasteiger partial charge in [0.05, 0.1) is 4.90 Å². The number of carbonyl (C=O) groups is 1. The Morgan fingerprint density at radius 2 is 1.69 bits per heavy atom. The fraction of sp³-hybridized carbons (Fsp3) is 0.208. The van der Waals surface area contributed by atoms with Crippen molar-refractivity contribution in [1.29, 1.82) is 0 Å². The van der Waals surface area contributed by atoms with Crippen molar-refractivity contribution in [3.63, 3.8) is 0 Å². The van der Waals surface area contributed by atoms with Crippen molar-refractivity contribution in [2.75, 3.05) is 29.8 Å². The number of anilines is 2. The summed E-state index contributed by atoms with van der Waals surface area (Å²) in [4.78, 5) is 14.7. The van der Waals surface area contributed by atoms with Gasteiger partial charge in [-0.25, -0.2) is 12.8 Å². The monoisotopic (exact) mass is 455 g/mol. The minimum Gasteiger partial charge on any atom is -0.375 e. The molecule has 1 amide bonds. The van der Waals surface area contributed by atoms with Gasteiger partial charge in [0.2, 0.25) is 0 Å². The summed E-state index contributed by atoms with van der Waals surface area (Å²) in [6.07, 6.45) is 0.736. The van der Waals surface area contributed by atoms with Crippen LogP contribution in [-0.2, 0) is 10.0 Å². The highest BCUT2D eigenvalue weighted by Gasteiger charge is 2.18. The molecular weight excluding hydrogens is 429 g/mol. The lowest BCUT2D eigenvalue weighted by atomic mass is 10.1. The first kappa shape index (κ1) is 23.3. The maximum atomic E-state index is 13.1. The van der Waals surface area contributed by atoms with E-state index in [4.69, 9.17) is 0 Å². The molecular formula is C24H26FN3O3S. The number of sulfonamides is 1. The molecule has 0 bridgehead atoms. The van der Waals surface area contributed by atoms with Gasteiger partial charge in [-0.1, -0.05) is 24.3 Å². The highest BCUT2D eigenvalue weighted by molar-refractivity contribution is 7.92. The molecule has 0 unspecified atom stereocenters. The van der Waals surface area contributed by atoms with Gasteiger partial charge in [-0.2, -0.15) is 0 Å². The number of para-hydroxylation sites is 1. The summed E-state index contributed by atoms with van der Waals surface area (Å²) in [6.45, 7) is 2.97. The first-order chi connectivity index (χ1) is 15.3. The Balaban J connectivity index is 1.61. The van der Waals surface area contributed by atoms with Crippen molar-refractivity contribution in [3.8, 4) is 0 Å². The molecule has 0 atom stereocenters. The molecule has 3 rings (SSSR count). The highest BCUT2D eigenvalue weighted by Crippen LogP contribution is 2.20. The molecule has 3 aromatic carbocycles. The molecule has 0 aliphatic heterocycles. The SMILES string of the molecule is Cc1ccc(S(=O)(=O)Nc2ccc(F)cc2)cc1C(=O)NCCCN(C)c1ccccc1. The zero-order valence-corrected chi connectivity index (χ0v) is 18.8. The molecule has 0 saturated carbocycles. The Hall–Kier alpha value is -3.39. The van der Waals surface area contributed by atoms with E-state index in [9.17, 15) is 17.6 Å². The van der Waals surface area contributed by atoms with Crippen LogP contribution in [0.2, 0.25) is 0 Å². The molecule has 0 aliphatic carbocycles. The molecule has 0 saturated heterocycles. The van der Waals surface area contributed by atoms with Gasteiger partial charge in [-0.05, 0) is 67.4 Å². The number of rotatable bonds is 9. The van der Waals surface area contributed by atoms with Gasteiger partial charge in [0.25, 0.3) is 15.9 Å². The van der Waals surface area contributed by atoms with Crippen LogP contribution in [0.1, 0.15) is 22.3 Å². The Bertz CT molecular complexity index is 1170. The molecule has 8 heteroatoms. The summed E-state index contributed by atoms with van der Waals surface area (Å²) < 4.78 is 40.9. The summed E-state index contributed by atoms with van der Waals surface area (Å²) in [5.41, 5.74) is 2.30. The second kappa shape index (κ2) is 10.3. The lowest BCUT2D eigenvalue weighted by Crippen LogP contribution is -2.29. The molecule has 0 aliphatic rings. The number of benzene rings is 3. The van der Waals surface area contributed by atoms with Crippen LogP contribution in [0.3, 0.4) is 0 Å². The fourth-order valence-electron chi connectivity index (χ4n) is 3.17. The molecule has 2 N–H and O–H groups in total. The number of hydrogen-bond acceptors (Lipinski definition) is 4. The molecule has 0 radical (unpaired) electrons. The zero-order chi connectivity index (χ0) is 23.1. The highest BCUT2D eigenvalue weighted by atomic mass is 32.2. The molecule has 32 heavy (non-hydrogen) atoms. The summed E-state index contributed by atoms with van der Waals surface area (Å²) in [5.74, 6) is -0.791. The summed E-state index contributed by atoms with van der Waals surface area (Å²) in [7, 11) is -1.94. The molecule has 0 aromatic heterocycles. The van der Waals surface area contributed by atoms with Gasteiger partial charge in [-0.15, -0.1) is 0 Å². The lowest BCUT2D eigenvalue weighted by Gasteiger charge is -2.19. The van der Waals surface area contributed by atoms with Crippen molar-refractivity contribution >= 4 is 27.3 Å². The predicted octanol–water partition coefficient (Wildman–Crippen LogP) is 4.19. The Labute approximate surface area is 188 Å². The van der Waals surface area contributed by atoms with Crippen LogP contribution in [0.25, 0.3) is 0 Å². The third-order valence-corrected chi connectivity index (χ3v) is 6.39. The van der Waals surface area contributed by atoms with Crippen LogP contribution in [0.15, 0.2) is 77.7 Å². The Morgan fingerprint density at radius 1 is 1.00 bits per heavy atom. The van der Waals surface area contributed by atoms with Crippen LogP contribution in [-0.4, -0.2) is 34.5 Å². The van der Waals surface area contributed by atoms with E-state index in [1.165, 1.54) is 36.4 Å². The van der Waals surface area contributed by atoms with Crippen LogP contribution in [0, 0.1) is 12.7 Å². The molecule has 0 spiro atoms. The standard InChI is InChI=1S/C24H26FN3O3S/c1-18-9-14-22(32(30,31)27-20-12-10-19(25)11-13-20)17-23(18)24(29)26-15-6-16-28(2)21-7-4-3-5-8-21/h3-5,7-14,17,27H,6,15-16H2,1-2H3,(H,26,29). The smallest absolute Gasteiger partial charge is 0.261 e. The van der Waals surface area contributed by atoms with E-state index >= 15 is 0 Å². The number of amides is 1. The minimum absolute atomic E-state index is 0.0404. The normalized spacial score (nSPS) is 11.1. The molecule has 0 fully saturated rings. The van der Waals surface area contributed by atoms with Crippen LogP contribution < -0.4 is 14.9 Å². The molecule has 0 heterocycles. The van der Waals surface area contributed by atoms with E-state index in [1.807, 2.05) is 37.4 Å². The maximum absolute atomic E-state index is 13.1. The number of nitrogens with one attached hydrogen (secondary N) is 2. The van der Waals surface area contributed by atoms with Gasteiger partial charge in [-0.3, -0.25) is 9.52 Å². The molecule has 168 valence electrons. The second-order valence-corrected chi connectivity index (χ2v) is 9.14. The van der Waals surface area contributed by atoms with E-state index in [1.54, 1.807) is 13.0 Å². The van der Waals surface area contributed by atoms with E-state index in [0.717, 1.165) is 18.7 Å². The largest absolute Gasteiger partial charge is 0.375 e. The quantitative estimate of drug-likeness (QED) is 0.474. The molecule has 6 nitrogen and oxygen atoms in total. The topological polar surface area (TPSA) is 78.5 Å². The van der Waals surface area contributed by atoms with Crippen LogP contribution in [0.5, 0.6) is 0 Å². The van der Waals surface area contributed by atoms with Gasteiger partial charge >= 0.3 is 0 Å². The first-order valence-corrected chi connectivity index (χ1v) is 11.7. The van der Waals surface area contributed by atoms with Gasteiger partial charge < -0.3 is 10.2 Å². The van der Waals surface area contributed by atoms with E-state index in [-0.39, 0.29) is 16.5 Å².